The second-order valence-electron chi connectivity index (χ2n) is 4.84. The highest BCUT2D eigenvalue weighted by Gasteiger charge is 2.22. The first-order chi connectivity index (χ1) is 10.8. The maximum Gasteiger partial charge on any atom is 0.289 e. The number of anilines is 1. The van der Waals surface area contributed by atoms with Gasteiger partial charge >= 0.3 is 0 Å². The number of rotatable bonds is 3. The first-order valence-corrected chi connectivity index (χ1v) is 9.41. The highest BCUT2D eigenvalue weighted by Crippen LogP contribution is 2.31. The predicted molar refractivity (Wildman–Crippen MR) is 92.0 cm³/mol. The number of nitrogens with zero attached hydrogens (tertiary/aromatic N) is 3. The molecule has 0 bridgehead atoms. The number of hydrogen-bond acceptors (Lipinski definition) is 6. The Balaban J connectivity index is 2.04. The molecule has 2 heterocycles. The molecule has 23 heavy (non-hydrogen) atoms. The van der Waals surface area contributed by atoms with E-state index in [1.165, 1.54) is 0 Å². The first-order valence-electron chi connectivity index (χ1n) is 6.36. The van der Waals surface area contributed by atoms with Crippen LogP contribution in [-0.2, 0) is 10.0 Å². The van der Waals surface area contributed by atoms with Gasteiger partial charge in [-0.25, -0.2) is 9.97 Å². The van der Waals surface area contributed by atoms with Crippen LogP contribution in [-0.4, -0.2) is 23.4 Å². The molecule has 0 spiro atoms. The zero-order valence-corrected chi connectivity index (χ0v) is 15.1. The van der Waals surface area contributed by atoms with Crippen LogP contribution >= 0.6 is 34.5 Å². The van der Waals surface area contributed by atoms with Crippen molar-refractivity contribution in [2.24, 2.45) is 0 Å². The van der Waals surface area contributed by atoms with Gasteiger partial charge in [-0.1, -0.05) is 40.6 Å². The second kappa shape index (κ2) is 5.86. The molecule has 1 aromatic carbocycles. The molecule has 0 radical (unpaired) electrons. The Labute approximate surface area is 146 Å². The fourth-order valence-electron chi connectivity index (χ4n) is 1.98. The molecule has 6 nitrogen and oxygen atoms in total. The van der Waals surface area contributed by atoms with Crippen LogP contribution in [0.15, 0.2) is 22.5 Å². The van der Waals surface area contributed by atoms with E-state index in [0.29, 0.717) is 10.4 Å². The molecule has 3 rings (SSSR count). The fraction of sp³-hybridized carbons (Fsp3) is 0.154. The molecule has 0 fully saturated rings. The molecule has 0 saturated carbocycles. The number of thiazole rings is 1. The van der Waals surface area contributed by atoms with Crippen LogP contribution in [0.4, 0.5) is 5.69 Å². The van der Waals surface area contributed by atoms with E-state index in [2.05, 4.69) is 19.7 Å². The Hall–Kier alpha value is -1.48. The first kappa shape index (κ1) is 16.4. The van der Waals surface area contributed by atoms with Gasteiger partial charge in [0.1, 0.15) is 4.70 Å². The van der Waals surface area contributed by atoms with Gasteiger partial charge in [-0.15, -0.1) is 0 Å². The molecular formula is C13H10Cl2N4O2S2. The predicted octanol–water partition coefficient (Wildman–Crippen LogP) is 3.81. The number of fused-ring (bicyclic) bond motifs is 1. The maximum atomic E-state index is 12.5. The average molecular weight is 389 g/mol. The lowest BCUT2D eigenvalue weighted by molar-refractivity contribution is 0.600. The van der Waals surface area contributed by atoms with E-state index in [1.54, 1.807) is 6.07 Å². The summed E-state index contributed by atoms with van der Waals surface area (Å²) in [6.07, 6.45) is 0. The summed E-state index contributed by atoms with van der Waals surface area (Å²) in [6, 6.07) is 5.42. The van der Waals surface area contributed by atoms with Gasteiger partial charge in [-0.2, -0.15) is 13.4 Å². The van der Waals surface area contributed by atoms with Gasteiger partial charge in [0.25, 0.3) is 10.0 Å². The third kappa shape index (κ3) is 3.25. The van der Waals surface area contributed by atoms with E-state index in [-0.39, 0.29) is 20.4 Å². The summed E-state index contributed by atoms with van der Waals surface area (Å²) < 4.78 is 27.8. The largest absolute Gasteiger partial charge is 0.289 e. The van der Waals surface area contributed by atoms with Crippen LogP contribution in [0.1, 0.15) is 11.1 Å². The minimum absolute atomic E-state index is 0.0745. The van der Waals surface area contributed by atoms with Crippen LogP contribution in [0.2, 0.25) is 10.4 Å². The lowest BCUT2D eigenvalue weighted by Gasteiger charge is -2.09. The van der Waals surface area contributed by atoms with Crippen molar-refractivity contribution in [1.82, 2.24) is 15.0 Å². The molecule has 0 amide bonds. The summed E-state index contributed by atoms with van der Waals surface area (Å²) in [6.45, 7) is 3.76. The summed E-state index contributed by atoms with van der Waals surface area (Å²) in [4.78, 5) is 11.7. The molecule has 0 aliphatic rings. The van der Waals surface area contributed by atoms with Crippen LogP contribution in [0.5, 0.6) is 0 Å². The summed E-state index contributed by atoms with van der Waals surface area (Å²) in [7, 11) is -3.85. The number of hydrogen-bond donors (Lipinski definition) is 1. The summed E-state index contributed by atoms with van der Waals surface area (Å²) in [5.41, 5.74) is 2.50. The molecule has 0 atom stereocenters. The minimum atomic E-state index is -3.85. The van der Waals surface area contributed by atoms with Gasteiger partial charge in [-0.05, 0) is 37.1 Å². The van der Waals surface area contributed by atoms with Crippen molar-refractivity contribution in [2.45, 2.75) is 18.2 Å². The van der Waals surface area contributed by atoms with Crippen LogP contribution in [0.25, 0.3) is 10.3 Å². The van der Waals surface area contributed by atoms with Gasteiger partial charge in [-0.3, -0.25) is 4.72 Å². The van der Waals surface area contributed by atoms with Crippen LogP contribution in [0, 0.1) is 13.8 Å². The maximum absolute atomic E-state index is 12.5. The Kier molecular flexibility index (Phi) is 4.18. The monoisotopic (exact) mass is 388 g/mol. The molecular weight excluding hydrogens is 379 g/mol. The van der Waals surface area contributed by atoms with E-state index in [4.69, 9.17) is 23.2 Å². The molecule has 3 aromatic rings. The normalized spacial score (nSPS) is 11.8. The average Bonchev–Trinajstić information content (AvgIpc) is 2.87. The Bertz CT molecular complexity index is 1020. The summed E-state index contributed by atoms with van der Waals surface area (Å²) in [5.74, 6) is 0. The molecule has 0 unspecified atom stereocenters. The zero-order valence-electron chi connectivity index (χ0n) is 12.0. The number of halogens is 2. The molecule has 0 aliphatic heterocycles. The molecule has 10 heteroatoms. The fourth-order valence-corrected chi connectivity index (χ4v) is 4.71. The standard InChI is InChI=1S/C13H10Cl2N4O2S2/c1-6-3-4-8(7(2)5-6)19-23(20,21)13-18-11-9(22-13)10(14)16-12(15)17-11/h3-5,19H,1-2H3. The van der Waals surface area contributed by atoms with Crippen molar-refractivity contribution in [1.29, 1.82) is 0 Å². The van der Waals surface area contributed by atoms with Gasteiger partial charge < -0.3 is 0 Å². The molecule has 0 aliphatic carbocycles. The lowest BCUT2D eigenvalue weighted by atomic mass is 10.1. The lowest BCUT2D eigenvalue weighted by Crippen LogP contribution is -2.13. The highest BCUT2D eigenvalue weighted by molar-refractivity contribution is 7.94. The van der Waals surface area contributed by atoms with Gasteiger partial charge in [0.05, 0.1) is 5.69 Å². The van der Waals surface area contributed by atoms with Gasteiger partial charge in [0, 0.05) is 0 Å². The van der Waals surface area contributed by atoms with Crippen molar-refractivity contribution in [3.05, 3.63) is 39.8 Å². The van der Waals surface area contributed by atoms with E-state index in [1.807, 2.05) is 26.0 Å². The number of benzene rings is 1. The van der Waals surface area contributed by atoms with Gasteiger partial charge in [0.15, 0.2) is 10.8 Å². The van der Waals surface area contributed by atoms with E-state index in [9.17, 15) is 8.42 Å². The van der Waals surface area contributed by atoms with Crippen molar-refractivity contribution < 1.29 is 8.42 Å². The van der Waals surface area contributed by atoms with E-state index >= 15 is 0 Å². The second-order valence-corrected chi connectivity index (χ2v) is 8.39. The number of aromatic nitrogens is 3. The highest BCUT2D eigenvalue weighted by atomic mass is 35.5. The van der Waals surface area contributed by atoms with Gasteiger partial charge in [0.2, 0.25) is 9.62 Å². The smallest absolute Gasteiger partial charge is 0.277 e. The molecule has 1 N–H and O–H groups in total. The topological polar surface area (TPSA) is 84.8 Å². The Morgan fingerprint density at radius 1 is 1.13 bits per heavy atom. The molecule has 0 saturated heterocycles. The van der Waals surface area contributed by atoms with Crippen LogP contribution in [0.3, 0.4) is 0 Å². The number of sulfonamides is 1. The van der Waals surface area contributed by atoms with Crippen molar-refractivity contribution in [3.8, 4) is 0 Å². The Morgan fingerprint density at radius 2 is 1.87 bits per heavy atom. The van der Waals surface area contributed by atoms with Crippen molar-refractivity contribution in [3.63, 3.8) is 0 Å². The molecule has 120 valence electrons. The minimum Gasteiger partial charge on any atom is -0.277 e. The SMILES string of the molecule is Cc1ccc(NS(=O)(=O)c2nc3nc(Cl)nc(Cl)c3s2)c(C)c1. The van der Waals surface area contributed by atoms with E-state index < -0.39 is 10.0 Å². The number of nitrogens with one attached hydrogen (secondary N) is 1. The van der Waals surface area contributed by atoms with Crippen molar-refractivity contribution >= 4 is 60.6 Å². The van der Waals surface area contributed by atoms with Crippen molar-refractivity contribution in [2.75, 3.05) is 4.72 Å². The van der Waals surface area contributed by atoms with Crippen LogP contribution < -0.4 is 4.72 Å². The number of aryl methyl sites for hydroxylation is 2. The Morgan fingerprint density at radius 3 is 2.57 bits per heavy atom. The third-order valence-corrected chi connectivity index (χ3v) is 6.37. The quantitative estimate of drug-likeness (QED) is 0.544. The third-order valence-electron chi connectivity index (χ3n) is 3.02. The summed E-state index contributed by atoms with van der Waals surface area (Å²) in [5, 5.41) is -0.00967. The summed E-state index contributed by atoms with van der Waals surface area (Å²) >= 11 is 12.5. The zero-order chi connectivity index (χ0) is 16.8. The van der Waals surface area contributed by atoms with E-state index in [0.717, 1.165) is 22.5 Å². The molecule has 2 aromatic heterocycles.